The van der Waals surface area contributed by atoms with Gasteiger partial charge in [0.1, 0.15) is 17.7 Å². The Morgan fingerprint density at radius 2 is 1.64 bits per heavy atom. The number of nitrogens with zero attached hydrogens (tertiary/aromatic N) is 1. The van der Waals surface area contributed by atoms with Crippen LogP contribution in [0.15, 0.2) is 48.5 Å². The Hall–Kier alpha value is -3.33. The molecule has 2 N–H and O–H groups in total. The Bertz CT molecular complexity index is 1090. The first kappa shape index (κ1) is 25.8. The van der Waals surface area contributed by atoms with Crippen molar-refractivity contribution in [1.29, 1.82) is 0 Å². The lowest BCUT2D eigenvalue weighted by atomic mass is 10.0. The van der Waals surface area contributed by atoms with Crippen molar-refractivity contribution in [2.24, 2.45) is 0 Å². The maximum atomic E-state index is 13.2. The van der Waals surface area contributed by atoms with Crippen molar-refractivity contribution in [1.82, 2.24) is 15.5 Å². The second-order valence-corrected chi connectivity index (χ2v) is 9.64. The fourth-order valence-corrected chi connectivity index (χ4v) is 4.64. The van der Waals surface area contributed by atoms with Crippen LogP contribution < -0.4 is 10.6 Å². The molecule has 0 radical (unpaired) electrons. The summed E-state index contributed by atoms with van der Waals surface area (Å²) < 4.78 is 31.7. The second kappa shape index (κ2) is 11.2. The van der Waals surface area contributed by atoms with Crippen molar-refractivity contribution in [3.05, 3.63) is 71.3 Å². The molecule has 0 aromatic heterocycles. The molecule has 36 heavy (non-hydrogen) atoms. The van der Waals surface area contributed by atoms with E-state index in [1.807, 2.05) is 6.92 Å². The highest BCUT2D eigenvalue weighted by molar-refractivity contribution is 5.97. The van der Waals surface area contributed by atoms with Crippen LogP contribution in [0.4, 0.5) is 8.78 Å². The quantitative estimate of drug-likeness (QED) is 0.555. The fourth-order valence-electron chi connectivity index (χ4n) is 4.64. The summed E-state index contributed by atoms with van der Waals surface area (Å²) in [6.45, 7) is 3.70. The molecule has 3 atom stereocenters. The molecular formula is C27H31F2N3O4. The first-order valence-corrected chi connectivity index (χ1v) is 12.2. The number of halogens is 2. The molecule has 2 aliphatic rings. The topological polar surface area (TPSA) is 87.7 Å². The zero-order chi connectivity index (χ0) is 25.7. The molecule has 7 nitrogen and oxygen atoms in total. The lowest BCUT2D eigenvalue weighted by Crippen LogP contribution is -2.51. The van der Waals surface area contributed by atoms with Gasteiger partial charge in [-0.25, -0.2) is 8.78 Å². The Balaban J connectivity index is 1.32. The predicted octanol–water partition coefficient (Wildman–Crippen LogP) is 3.15. The summed E-state index contributed by atoms with van der Waals surface area (Å²) in [5.74, 6) is -1.45. The van der Waals surface area contributed by atoms with Crippen molar-refractivity contribution in [3.63, 3.8) is 0 Å². The summed E-state index contributed by atoms with van der Waals surface area (Å²) in [6.07, 6.45) is 1.66. The number of amides is 3. The molecule has 1 saturated carbocycles. The molecule has 1 heterocycles. The first-order valence-electron chi connectivity index (χ1n) is 12.2. The SMILES string of the molecule is C[C@@]1(NC(=O)CCC[C@H](NC(=O)c2ccc(F)cc2)C(=O)N2CCOCC2)C[C@H]1c1ccc(F)cc1. The van der Waals surface area contributed by atoms with E-state index in [9.17, 15) is 23.2 Å². The highest BCUT2D eigenvalue weighted by Crippen LogP contribution is 2.51. The highest BCUT2D eigenvalue weighted by Gasteiger charge is 2.51. The van der Waals surface area contributed by atoms with Gasteiger partial charge in [-0.3, -0.25) is 14.4 Å². The number of hydrogen-bond acceptors (Lipinski definition) is 4. The molecule has 2 fully saturated rings. The number of carbonyl (C=O) groups excluding carboxylic acids is 3. The average Bonchev–Trinajstić information content (AvgIpc) is 3.54. The number of benzene rings is 2. The summed E-state index contributed by atoms with van der Waals surface area (Å²) in [5, 5.41) is 5.83. The van der Waals surface area contributed by atoms with E-state index in [4.69, 9.17) is 4.74 Å². The Labute approximate surface area is 209 Å². The van der Waals surface area contributed by atoms with Crippen molar-refractivity contribution in [2.45, 2.75) is 50.1 Å². The minimum absolute atomic E-state index is 0.132. The van der Waals surface area contributed by atoms with Gasteiger partial charge < -0.3 is 20.3 Å². The van der Waals surface area contributed by atoms with E-state index in [-0.39, 0.29) is 47.5 Å². The van der Waals surface area contributed by atoms with Crippen molar-refractivity contribution in [3.8, 4) is 0 Å². The largest absolute Gasteiger partial charge is 0.378 e. The number of rotatable bonds is 9. The van der Waals surface area contributed by atoms with Crippen molar-refractivity contribution in [2.75, 3.05) is 26.3 Å². The van der Waals surface area contributed by atoms with Crippen molar-refractivity contribution < 1.29 is 27.9 Å². The standard InChI is InChI=1S/C27H31F2N3O4/c1-27(17-22(27)18-5-9-20(28)10-6-18)31-24(33)4-2-3-23(26(35)32-13-15-36-16-14-32)30-25(34)19-7-11-21(29)12-8-19/h5-12,22-23H,2-4,13-17H2,1H3,(H,30,34)(H,31,33)/t22-,23-,27+/m0/s1. The molecule has 0 spiro atoms. The van der Waals surface area contributed by atoms with E-state index >= 15 is 0 Å². The Morgan fingerprint density at radius 3 is 2.28 bits per heavy atom. The number of ether oxygens (including phenoxy) is 1. The van der Waals surface area contributed by atoms with E-state index in [1.54, 1.807) is 17.0 Å². The van der Waals surface area contributed by atoms with Crippen LogP contribution >= 0.6 is 0 Å². The van der Waals surface area contributed by atoms with Crippen LogP contribution in [-0.2, 0) is 14.3 Å². The fraction of sp³-hybridized carbons (Fsp3) is 0.444. The zero-order valence-electron chi connectivity index (χ0n) is 20.3. The van der Waals surface area contributed by atoms with E-state index in [2.05, 4.69) is 10.6 Å². The Kier molecular flexibility index (Phi) is 7.98. The van der Waals surface area contributed by atoms with E-state index in [1.165, 1.54) is 36.4 Å². The molecule has 3 amide bonds. The average molecular weight is 500 g/mol. The van der Waals surface area contributed by atoms with Crippen LogP contribution in [0, 0.1) is 11.6 Å². The van der Waals surface area contributed by atoms with Crippen LogP contribution in [0.2, 0.25) is 0 Å². The summed E-state index contributed by atoms with van der Waals surface area (Å²) in [6, 6.07) is 10.6. The lowest BCUT2D eigenvalue weighted by molar-refractivity contribution is -0.137. The zero-order valence-corrected chi connectivity index (χ0v) is 20.3. The van der Waals surface area contributed by atoms with Gasteiger partial charge in [0.15, 0.2) is 0 Å². The van der Waals surface area contributed by atoms with Crippen LogP contribution in [0.1, 0.15) is 54.4 Å². The predicted molar refractivity (Wildman–Crippen MR) is 129 cm³/mol. The van der Waals surface area contributed by atoms with Gasteiger partial charge in [-0.1, -0.05) is 12.1 Å². The van der Waals surface area contributed by atoms with Crippen LogP contribution in [0.5, 0.6) is 0 Å². The number of morpholine rings is 1. The molecule has 1 aliphatic carbocycles. The highest BCUT2D eigenvalue weighted by atomic mass is 19.1. The molecule has 9 heteroatoms. The van der Waals surface area contributed by atoms with E-state index in [0.29, 0.717) is 32.7 Å². The summed E-state index contributed by atoms with van der Waals surface area (Å²) >= 11 is 0. The minimum Gasteiger partial charge on any atom is -0.378 e. The third-order valence-corrected chi connectivity index (χ3v) is 6.86. The summed E-state index contributed by atoms with van der Waals surface area (Å²) in [5.41, 5.74) is 0.857. The van der Waals surface area contributed by atoms with Gasteiger partial charge >= 0.3 is 0 Å². The third-order valence-electron chi connectivity index (χ3n) is 6.86. The van der Waals surface area contributed by atoms with E-state index < -0.39 is 17.8 Å². The molecule has 1 saturated heterocycles. The number of nitrogens with one attached hydrogen (secondary N) is 2. The first-order chi connectivity index (χ1) is 17.2. The number of hydrogen-bond donors (Lipinski definition) is 2. The van der Waals surface area contributed by atoms with Gasteiger partial charge in [0.2, 0.25) is 11.8 Å². The molecule has 2 aromatic carbocycles. The van der Waals surface area contributed by atoms with Crippen LogP contribution in [0.25, 0.3) is 0 Å². The van der Waals surface area contributed by atoms with Gasteiger partial charge in [0.05, 0.1) is 13.2 Å². The monoisotopic (exact) mass is 499 g/mol. The molecule has 0 bridgehead atoms. The second-order valence-electron chi connectivity index (χ2n) is 9.64. The Morgan fingerprint density at radius 1 is 1.03 bits per heavy atom. The lowest BCUT2D eigenvalue weighted by Gasteiger charge is -2.30. The minimum atomic E-state index is -0.808. The molecule has 4 rings (SSSR count). The van der Waals surface area contributed by atoms with Gasteiger partial charge in [-0.05, 0) is 68.1 Å². The third kappa shape index (κ3) is 6.46. The molecule has 2 aromatic rings. The van der Waals surface area contributed by atoms with Crippen LogP contribution in [0.3, 0.4) is 0 Å². The summed E-state index contributed by atoms with van der Waals surface area (Å²) in [4.78, 5) is 40.1. The molecule has 192 valence electrons. The van der Waals surface area contributed by atoms with Crippen molar-refractivity contribution >= 4 is 17.7 Å². The maximum absolute atomic E-state index is 13.2. The normalized spacial score (nSPS) is 22.0. The number of carbonyl (C=O) groups is 3. The molecule has 1 aliphatic heterocycles. The van der Waals surface area contributed by atoms with Gasteiger partial charge in [-0.15, -0.1) is 0 Å². The maximum Gasteiger partial charge on any atom is 0.251 e. The smallest absolute Gasteiger partial charge is 0.251 e. The molecular weight excluding hydrogens is 468 g/mol. The van der Waals surface area contributed by atoms with Gasteiger partial charge in [-0.2, -0.15) is 0 Å². The van der Waals surface area contributed by atoms with Gasteiger partial charge in [0, 0.05) is 36.5 Å². The summed E-state index contributed by atoms with van der Waals surface area (Å²) in [7, 11) is 0. The molecule has 0 unspecified atom stereocenters. The van der Waals surface area contributed by atoms with Crippen LogP contribution in [-0.4, -0.2) is 60.5 Å². The van der Waals surface area contributed by atoms with E-state index in [0.717, 1.165) is 12.0 Å². The van der Waals surface area contributed by atoms with Gasteiger partial charge in [0.25, 0.3) is 5.91 Å².